The Bertz CT molecular complexity index is 694. The Morgan fingerprint density at radius 1 is 1.21 bits per heavy atom. The Kier molecular flexibility index (Phi) is 10.0. The van der Waals surface area contributed by atoms with Crippen molar-refractivity contribution in [1.82, 2.24) is 15.2 Å². The predicted octanol–water partition coefficient (Wildman–Crippen LogP) is 4.39. The molecule has 0 aliphatic carbocycles. The summed E-state index contributed by atoms with van der Waals surface area (Å²) < 4.78 is 0. The number of aliphatic imine (C=N–C) groups is 1. The summed E-state index contributed by atoms with van der Waals surface area (Å²) in [5.41, 5.74) is 1.18. The lowest BCUT2D eigenvalue weighted by Crippen LogP contribution is -2.39. The zero-order valence-electron chi connectivity index (χ0n) is 16.9. The molecule has 3 heterocycles. The summed E-state index contributed by atoms with van der Waals surface area (Å²) in [6.45, 7) is 3.95. The third-order valence-electron chi connectivity index (χ3n) is 5.04. The highest BCUT2D eigenvalue weighted by atomic mass is 127. The number of guanidine groups is 1. The Hall–Kier alpha value is -1.35. The van der Waals surface area contributed by atoms with Gasteiger partial charge in [0.05, 0.1) is 0 Å². The molecule has 7 heteroatoms. The molecule has 1 N–H and O–H groups in total. The topological polar surface area (TPSA) is 43.8 Å². The second-order valence-corrected chi connectivity index (χ2v) is 8.11. The predicted molar refractivity (Wildman–Crippen MR) is 131 cm³/mol. The van der Waals surface area contributed by atoms with Gasteiger partial charge in [0.2, 0.25) is 0 Å². The Labute approximate surface area is 190 Å². The zero-order chi connectivity index (χ0) is 18.9. The Morgan fingerprint density at radius 3 is 2.61 bits per heavy atom. The van der Waals surface area contributed by atoms with Crippen LogP contribution in [0.2, 0.25) is 0 Å². The van der Waals surface area contributed by atoms with Gasteiger partial charge in [-0.15, -0.1) is 35.3 Å². The van der Waals surface area contributed by atoms with Crippen molar-refractivity contribution < 1.29 is 0 Å². The summed E-state index contributed by atoms with van der Waals surface area (Å²) in [5, 5.41) is 5.58. The number of halogens is 1. The van der Waals surface area contributed by atoms with E-state index in [1.807, 2.05) is 24.6 Å². The van der Waals surface area contributed by atoms with Crippen molar-refractivity contribution in [2.45, 2.75) is 38.6 Å². The second kappa shape index (κ2) is 12.3. The van der Waals surface area contributed by atoms with E-state index in [0.29, 0.717) is 0 Å². The second-order valence-electron chi connectivity index (χ2n) is 7.08. The van der Waals surface area contributed by atoms with Crippen LogP contribution in [-0.2, 0) is 13.0 Å². The highest BCUT2D eigenvalue weighted by Gasteiger charge is 2.11. The van der Waals surface area contributed by atoms with Crippen LogP contribution in [0.4, 0.5) is 5.82 Å². The van der Waals surface area contributed by atoms with Crippen LogP contribution < -0.4 is 10.2 Å². The normalized spacial score (nSPS) is 14.9. The average Bonchev–Trinajstić information content (AvgIpc) is 3.08. The fourth-order valence-corrected chi connectivity index (χ4v) is 4.11. The van der Waals surface area contributed by atoms with Gasteiger partial charge in [-0.2, -0.15) is 0 Å². The number of nitrogens with one attached hydrogen (secondary N) is 1. The molecule has 0 aromatic carbocycles. The van der Waals surface area contributed by atoms with Crippen molar-refractivity contribution in [3.8, 4) is 0 Å². The lowest BCUT2D eigenvalue weighted by atomic mass is 10.2. The summed E-state index contributed by atoms with van der Waals surface area (Å²) in [6, 6.07) is 8.63. The molecule has 28 heavy (non-hydrogen) atoms. The van der Waals surface area contributed by atoms with E-state index in [2.05, 4.69) is 56.8 Å². The molecule has 0 radical (unpaired) electrons. The Morgan fingerprint density at radius 2 is 2.00 bits per heavy atom. The van der Waals surface area contributed by atoms with Gasteiger partial charge >= 0.3 is 0 Å². The first-order chi connectivity index (χ1) is 13.3. The van der Waals surface area contributed by atoms with Crippen molar-refractivity contribution in [2.24, 2.45) is 4.99 Å². The minimum atomic E-state index is 0. The molecule has 3 rings (SSSR count). The van der Waals surface area contributed by atoms with E-state index in [9.17, 15) is 0 Å². The number of aromatic nitrogens is 1. The highest BCUT2D eigenvalue weighted by Crippen LogP contribution is 2.17. The van der Waals surface area contributed by atoms with E-state index in [1.54, 1.807) is 0 Å². The monoisotopic (exact) mass is 513 g/mol. The average molecular weight is 513 g/mol. The van der Waals surface area contributed by atoms with Crippen LogP contribution in [-0.4, -0.2) is 49.6 Å². The molecule has 0 saturated carbocycles. The van der Waals surface area contributed by atoms with Gasteiger partial charge in [0.15, 0.2) is 5.96 Å². The molecular weight excluding hydrogens is 481 g/mol. The summed E-state index contributed by atoms with van der Waals surface area (Å²) in [4.78, 5) is 15.1. The van der Waals surface area contributed by atoms with Gasteiger partial charge in [-0.1, -0.05) is 25.0 Å². The van der Waals surface area contributed by atoms with Gasteiger partial charge in [0, 0.05) is 51.3 Å². The van der Waals surface area contributed by atoms with Crippen molar-refractivity contribution in [3.63, 3.8) is 0 Å². The number of hydrogen-bond donors (Lipinski definition) is 1. The number of hydrogen-bond acceptors (Lipinski definition) is 4. The van der Waals surface area contributed by atoms with Gasteiger partial charge in [-0.3, -0.25) is 4.99 Å². The molecule has 1 saturated heterocycles. The SMILES string of the molecule is CN=C(NCc1ccc(N2CCCCCC2)nc1)N(C)CCc1cccs1.I. The first kappa shape index (κ1) is 22.9. The number of rotatable bonds is 6. The third-order valence-corrected chi connectivity index (χ3v) is 5.97. The van der Waals surface area contributed by atoms with Gasteiger partial charge in [0.1, 0.15) is 5.82 Å². The molecule has 0 spiro atoms. The van der Waals surface area contributed by atoms with E-state index in [-0.39, 0.29) is 24.0 Å². The van der Waals surface area contributed by atoms with Gasteiger partial charge < -0.3 is 15.1 Å². The minimum Gasteiger partial charge on any atom is -0.357 e. The van der Waals surface area contributed by atoms with Crippen LogP contribution in [0.3, 0.4) is 0 Å². The molecule has 0 bridgehead atoms. The number of anilines is 1. The highest BCUT2D eigenvalue weighted by molar-refractivity contribution is 14.0. The number of likely N-dealkylation sites (N-methyl/N-ethyl adjacent to an activating group) is 1. The summed E-state index contributed by atoms with van der Waals surface area (Å²) in [7, 11) is 3.92. The largest absolute Gasteiger partial charge is 0.357 e. The Balaban J connectivity index is 0.00000280. The van der Waals surface area contributed by atoms with E-state index in [0.717, 1.165) is 44.4 Å². The molecule has 1 aliphatic heterocycles. The zero-order valence-corrected chi connectivity index (χ0v) is 20.1. The van der Waals surface area contributed by atoms with Crippen LogP contribution in [0.25, 0.3) is 0 Å². The van der Waals surface area contributed by atoms with Crippen molar-refractivity contribution in [2.75, 3.05) is 38.6 Å². The quantitative estimate of drug-likeness (QED) is 0.354. The first-order valence-corrected chi connectivity index (χ1v) is 10.8. The fraction of sp³-hybridized carbons (Fsp3) is 0.524. The molecule has 5 nitrogen and oxygen atoms in total. The molecule has 1 aliphatic rings. The lowest BCUT2D eigenvalue weighted by Gasteiger charge is -2.23. The standard InChI is InChI=1S/C21H31N5S.HI/c1-22-21(25(2)14-11-19-8-7-15-27-19)24-17-18-9-10-20(23-16-18)26-12-5-3-4-6-13-26;/h7-10,15-16H,3-6,11-14,17H2,1-2H3,(H,22,24);1H. The molecule has 0 amide bonds. The van der Waals surface area contributed by atoms with Crippen molar-refractivity contribution in [3.05, 3.63) is 46.3 Å². The van der Waals surface area contributed by atoms with E-state index < -0.39 is 0 Å². The molecule has 2 aromatic rings. The van der Waals surface area contributed by atoms with E-state index >= 15 is 0 Å². The lowest BCUT2D eigenvalue weighted by molar-refractivity contribution is 0.486. The van der Waals surface area contributed by atoms with Crippen molar-refractivity contribution in [1.29, 1.82) is 0 Å². The third kappa shape index (κ3) is 6.92. The molecule has 0 unspecified atom stereocenters. The summed E-state index contributed by atoms with van der Waals surface area (Å²) in [6.07, 6.45) is 8.28. The van der Waals surface area contributed by atoms with Crippen molar-refractivity contribution >= 4 is 47.1 Å². The molecule has 1 fully saturated rings. The number of nitrogens with zero attached hydrogens (tertiary/aromatic N) is 4. The fourth-order valence-electron chi connectivity index (χ4n) is 3.41. The van der Waals surface area contributed by atoms with Crippen LogP contribution in [0, 0.1) is 0 Å². The smallest absolute Gasteiger partial charge is 0.193 e. The summed E-state index contributed by atoms with van der Waals surface area (Å²) in [5.74, 6) is 2.03. The minimum absolute atomic E-state index is 0. The van der Waals surface area contributed by atoms with Crippen LogP contribution >= 0.6 is 35.3 Å². The molecule has 154 valence electrons. The van der Waals surface area contributed by atoms with Crippen LogP contribution in [0.15, 0.2) is 40.8 Å². The maximum atomic E-state index is 4.70. The van der Waals surface area contributed by atoms with E-state index in [4.69, 9.17) is 4.98 Å². The molecule has 2 aromatic heterocycles. The maximum Gasteiger partial charge on any atom is 0.193 e. The van der Waals surface area contributed by atoms with E-state index in [1.165, 1.54) is 36.1 Å². The van der Waals surface area contributed by atoms with Crippen LogP contribution in [0.5, 0.6) is 0 Å². The number of pyridine rings is 1. The maximum absolute atomic E-state index is 4.70. The first-order valence-electron chi connectivity index (χ1n) is 9.90. The van der Waals surface area contributed by atoms with Gasteiger partial charge in [-0.05, 0) is 42.3 Å². The van der Waals surface area contributed by atoms with Crippen LogP contribution in [0.1, 0.15) is 36.1 Å². The van der Waals surface area contributed by atoms with Gasteiger partial charge in [0.25, 0.3) is 0 Å². The number of thiophene rings is 1. The van der Waals surface area contributed by atoms with Gasteiger partial charge in [-0.25, -0.2) is 4.98 Å². The summed E-state index contributed by atoms with van der Waals surface area (Å²) >= 11 is 1.81. The molecule has 0 atom stereocenters. The molecular formula is C21H32IN5S.